The molecule has 126 valence electrons. The van der Waals surface area contributed by atoms with Crippen LogP contribution in [-0.2, 0) is 6.54 Å². The number of primary amides is 1. The molecular formula is C19H23N3O2. The van der Waals surface area contributed by atoms with Crippen LogP contribution in [0.5, 0.6) is 0 Å². The second-order valence-corrected chi connectivity index (χ2v) is 5.56. The fourth-order valence-electron chi connectivity index (χ4n) is 2.47. The van der Waals surface area contributed by atoms with Gasteiger partial charge in [0.2, 0.25) is 5.91 Å². The number of amides is 2. The van der Waals surface area contributed by atoms with Gasteiger partial charge in [0.05, 0.1) is 0 Å². The lowest BCUT2D eigenvalue weighted by Gasteiger charge is -2.18. The third kappa shape index (κ3) is 4.67. The van der Waals surface area contributed by atoms with E-state index in [2.05, 4.69) is 24.1 Å². The second kappa shape index (κ2) is 8.26. The molecule has 0 heterocycles. The molecule has 0 aromatic heterocycles. The van der Waals surface area contributed by atoms with Crippen molar-refractivity contribution < 1.29 is 9.59 Å². The van der Waals surface area contributed by atoms with Crippen molar-refractivity contribution in [2.75, 3.05) is 18.4 Å². The van der Waals surface area contributed by atoms with Gasteiger partial charge in [0.15, 0.2) is 0 Å². The van der Waals surface area contributed by atoms with Gasteiger partial charge in [-0.1, -0.05) is 32.0 Å². The predicted octanol–water partition coefficient (Wildman–Crippen LogP) is 2.88. The first-order valence-corrected chi connectivity index (χ1v) is 8.06. The summed E-state index contributed by atoms with van der Waals surface area (Å²) in [6, 6.07) is 14.2. The summed E-state index contributed by atoms with van der Waals surface area (Å²) in [6.07, 6.45) is 0. The standard InChI is InChI=1S/C19H23N3O2/c1-3-22(4-2)13-14-7-5-9-16(11-14)19(24)21-17-10-6-8-15(12-17)18(20)23/h5-12H,3-4,13H2,1-2H3,(H2,20,23)(H,21,24). The van der Waals surface area contributed by atoms with E-state index in [0.29, 0.717) is 16.8 Å². The highest BCUT2D eigenvalue weighted by molar-refractivity contribution is 6.05. The van der Waals surface area contributed by atoms with E-state index in [1.54, 1.807) is 30.3 Å². The number of carbonyl (C=O) groups is 2. The third-order valence-corrected chi connectivity index (χ3v) is 3.89. The van der Waals surface area contributed by atoms with E-state index >= 15 is 0 Å². The van der Waals surface area contributed by atoms with E-state index in [0.717, 1.165) is 25.2 Å². The lowest BCUT2D eigenvalue weighted by atomic mass is 10.1. The molecular weight excluding hydrogens is 302 g/mol. The number of nitrogens with zero attached hydrogens (tertiary/aromatic N) is 1. The molecule has 0 aliphatic rings. The molecule has 2 amide bonds. The Morgan fingerprint density at radius 1 is 1.00 bits per heavy atom. The maximum atomic E-state index is 12.4. The van der Waals surface area contributed by atoms with E-state index in [-0.39, 0.29) is 5.91 Å². The van der Waals surface area contributed by atoms with Crippen molar-refractivity contribution in [2.24, 2.45) is 5.73 Å². The van der Waals surface area contributed by atoms with Gasteiger partial charge in [-0.25, -0.2) is 0 Å². The quantitative estimate of drug-likeness (QED) is 0.822. The minimum absolute atomic E-state index is 0.210. The topological polar surface area (TPSA) is 75.4 Å². The largest absolute Gasteiger partial charge is 0.366 e. The third-order valence-electron chi connectivity index (χ3n) is 3.89. The van der Waals surface area contributed by atoms with Crippen LogP contribution >= 0.6 is 0 Å². The first-order chi connectivity index (χ1) is 11.5. The van der Waals surface area contributed by atoms with Crippen LogP contribution in [0, 0.1) is 0 Å². The first-order valence-electron chi connectivity index (χ1n) is 8.06. The van der Waals surface area contributed by atoms with Crippen LogP contribution < -0.4 is 11.1 Å². The van der Waals surface area contributed by atoms with E-state index in [1.807, 2.05) is 18.2 Å². The molecule has 24 heavy (non-hydrogen) atoms. The Bertz CT molecular complexity index is 724. The summed E-state index contributed by atoms with van der Waals surface area (Å²) in [5.41, 5.74) is 7.85. The molecule has 0 radical (unpaired) electrons. The Morgan fingerprint density at radius 3 is 2.33 bits per heavy atom. The first kappa shape index (κ1) is 17.7. The maximum Gasteiger partial charge on any atom is 0.255 e. The van der Waals surface area contributed by atoms with Crippen molar-refractivity contribution in [2.45, 2.75) is 20.4 Å². The van der Waals surface area contributed by atoms with Gasteiger partial charge < -0.3 is 11.1 Å². The number of hydrogen-bond donors (Lipinski definition) is 2. The SMILES string of the molecule is CCN(CC)Cc1cccc(C(=O)Nc2cccc(C(N)=O)c2)c1. The lowest BCUT2D eigenvalue weighted by molar-refractivity contribution is 0.0996. The number of anilines is 1. The van der Waals surface area contributed by atoms with Crippen molar-refractivity contribution in [3.05, 3.63) is 65.2 Å². The molecule has 2 aromatic carbocycles. The number of carbonyl (C=O) groups excluding carboxylic acids is 2. The van der Waals surface area contributed by atoms with Crippen molar-refractivity contribution >= 4 is 17.5 Å². The van der Waals surface area contributed by atoms with Gasteiger partial charge in [0.25, 0.3) is 5.91 Å². The number of benzene rings is 2. The normalized spacial score (nSPS) is 10.6. The van der Waals surface area contributed by atoms with Crippen molar-refractivity contribution in [1.29, 1.82) is 0 Å². The molecule has 2 aromatic rings. The molecule has 0 atom stereocenters. The van der Waals surface area contributed by atoms with Crippen LogP contribution in [0.25, 0.3) is 0 Å². The van der Waals surface area contributed by atoms with E-state index < -0.39 is 5.91 Å². The Kier molecular flexibility index (Phi) is 6.09. The summed E-state index contributed by atoms with van der Waals surface area (Å²) in [5.74, 6) is -0.731. The minimum Gasteiger partial charge on any atom is -0.366 e. The number of hydrogen-bond acceptors (Lipinski definition) is 3. The van der Waals surface area contributed by atoms with Crippen LogP contribution in [0.2, 0.25) is 0 Å². The molecule has 3 N–H and O–H groups in total. The van der Waals surface area contributed by atoms with Gasteiger partial charge in [-0.05, 0) is 49.0 Å². The molecule has 0 unspecified atom stereocenters. The van der Waals surface area contributed by atoms with Crippen LogP contribution in [0.4, 0.5) is 5.69 Å². The molecule has 5 heteroatoms. The summed E-state index contributed by atoms with van der Waals surface area (Å²) in [6.45, 7) is 6.97. The van der Waals surface area contributed by atoms with Crippen LogP contribution in [0.3, 0.4) is 0 Å². The zero-order valence-corrected chi connectivity index (χ0v) is 14.1. The minimum atomic E-state index is -0.521. The number of rotatable bonds is 7. The Balaban J connectivity index is 2.12. The molecule has 2 rings (SSSR count). The van der Waals surface area contributed by atoms with Crippen molar-refractivity contribution in [3.8, 4) is 0 Å². The molecule has 0 spiro atoms. The van der Waals surface area contributed by atoms with E-state index in [4.69, 9.17) is 5.73 Å². The second-order valence-electron chi connectivity index (χ2n) is 5.56. The molecule has 0 bridgehead atoms. The van der Waals surface area contributed by atoms with Crippen molar-refractivity contribution in [1.82, 2.24) is 4.90 Å². The molecule has 0 saturated heterocycles. The van der Waals surface area contributed by atoms with E-state index in [1.165, 1.54) is 0 Å². The Hall–Kier alpha value is -2.66. The number of nitrogens with one attached hydrogen (secondary N) is 1. The summed E-state index contributed by atoms with van der Waals surface area (Å²) >= 11 is 0. The number of nitrogens with two attached hydrogens (primary N) is 1. The van der Waals surface area contributed by atoms with Gasteiger partial charge in [-0.15, -0.1) is 0 Å². The van der Waals surface area contributed by atoms with E-state index in [9.17, 15) is 9.59 Å². The van der Waals surface area contributed by atoms with Crippen LogP contribution in [0.15, 0.2) is 48.5 Å². The zero-order chi connectivity index (χ0) is 17.5. The molecule has 0 saturated carbocycles. The molecule has 0 aliphatic carbocycles. The molecule has 0 fully saturated rings. The molecule has 5 nitrogen and oxygen atoms in total. The highest BCUT2D eigenvalue weighted by Gasteiger charge is 2.09. The molecule has 0 aliphatic heterocycles. The highest BCUT2D eigenvalue weighted by Crippen LogP contribution is 2.14. The monoisotopic (exact) mass is 325 g/mol. The van der Waals surface area contributed by atoms with Gasteiger partial charge in [0.1, 0.15) is 0 Å². The van der Waals surface area contributed by atoms with Crippen LogP contribution in [0.1, 0.15) is 40.1 Å². The smallest absolute Gasteiger partial charge is 0.255 e. The van der Waals surface area contributed by atoms with Gasteiger partial charge in [-0.3, -0.25) is 14.5 Å². The van der Waals surface area contributed by atoms with Crippen LogP contribution in [-0.4, -0.2) is 29.8 Å². The Labute approximate surface area is 142 Å². The average molecular weight is 325 g/mol. The summed E-state index contributed by atoms with van der Waals surface area (Å²) in [7, 11) is 0. The Morgan fingerprint density at radius 2 is 1.67 bits per heavy atom. The fourth-order valence-corrected chi connectivity index (χ4v) is 2.47. The lowest BCUT2D eigenvalue weighted by Crippen LogP contribution is -2.22. The zero-order valence-electron chi connectivity index (χ0n) is 14.1. The van der Waals surface area contributed by atoms with Gasteiger partial charge in [0, 0.05) is 23.4 Å². The maximum absolute atomic E-state index is 12.4. The summed E-state index contributed by atoms with van der Waals surface area (Å²) in [5, 5.41) is 2.80. The van der Waals surface area contributed by atoms with Crippen molar-refractivity contribution in [3.63, 3.8) is 0 Å². The fraction of sp³-hybridized carbons (Fsp3) is 0.263. The van der Waals surface area contributed by atoms with Gasteiger partial charge in [-0.2, -0.15) is 0 Å². The predicted molar refractivity (Wildman–Crippen MR) is 96.0 cm³/mol. The summed E-state index contributed by atoms with van der Waals surface area (Å²) < 4.78 is 0. The summed E-state index contributed by atoms with van der Waals surface area (Å²) in [4.78, 5) is 25.9. The average Bonchev–Trinajstić information content (AvgIpc) is 2.60. The van der Waals surface area contributed by atoms with Gasteiger partial charge >= 0.3 is 0 Å². The highest BCUT2D eigenvalue weighted by atomic mass is 16.2.